The number of aromatic nitrogens is 4. The first-order valence-corrected chi connectivity index (χ1v) is 7.43. The Morgan fingerprint density at radius 2 is 1.96 bits per heavy atom. The third-order valence-corrected chi connectivity index (χ3v) is 4.02. The monoisotopic (exact) mass is 317 g/mol. The van der Waals surface area contributed by atoms with Crippen molar-refractivity contribution in [1.82, 2.24) is 25.1 Å². The molecule has 0 atom stereocenters. The normalized spacial score (nSPS) is 13.6. The van der Waals surface area contributed by atoms with Gasteiger partial charge in [-0.1, -0.05) is 0 Å². The fourth-order valence-electron chi connectivity index (χ4n) is 2.75. The van der Waals surface area contributed by atoms with Crippen LogP contribution >= 0.6 is 0 Å². The lowest BCUT2D eigenvalue weighted by atomic mass is 9.98. The van der Waals surface area contributed by atoms with Gasteiger partial charge in [-0.2, -0.15) is 0 Å². The topological polar surface area (TPSA) is 82.4 Å². The van der Waals surface area contributed by atoms with Crippen molar-refractivity contribution in [3.8, 4) is 11.5 Å². The predicted octanol–water partition coefficient (Wildman–Crippen LogP) is 0.665. The second-order valence-corrected chi connectivity index (χ2v) is 5.36. The Bertz CT molecular complexity index is 687. The molecule has 0 bridgehead atoms. The summed E-state index contributed by atoms with van der Waals surface area (Å²) in [6.45, 7) is 1.78. The molecular formula is C15H19N5O3. The van der Waals surface area contributed by atoms with Gasteiger partial charge in [-0.15, -0.1) is 5.10 Å². The molecule has 23 heavy (non-hydrogen) atoms. The van der Waals surface area contributed by atoms with Crippen molar-refractivity contribution in [1.29, 1.82) is 0 Å². The summed E-state index contributed by atoms with van der Waals surface area (Å²) >= 11 is 0. The molecule has 2 aromatic rings. The van der Waals surface area contributed by atoms with E-state index in [0.29, 0.717) is 31.8 Å². The van der Waals surface area contributed by atoms with Crippen LogP contribution in [0.3, 0.4) is 0 Å². The van der Waals surface area contributed by atoms with E-state index in [9.17, 15) is 4.79 Å². The summed E-state index contributed by atoms with van der Waals surface area (Å²) in [7, 11) is 3.24. The molecule has 1 aliphatic rings. The zero-order valence-corrected chi connectivity index (χ0v) is 13.2. The molecule has 0 aliphatic carbocycles. The van der Waals surface area contributed by atoms with Crippen molar-refractivity contribution in [2.45, 2.75) is 25.9 Å². The maximum absolute atomic E-state index is 12.4. The molecule has 1 amide bonds. The van der Waals surface area contributed by atoms with Crippen molar-refractivity contribution in [2.75, 3.05) is 20.8 Å². The third kappa shape index (κ3) is 3.25. The van der Waals surface area contributed by atoms with Gasteiger partial charge in [0.2, 0.25) is 5.91 Å². The number of nitrogens with zero attached hydrogens (tertiary/aromatic N) is 5. The molecule has 1 aromatic heterocycles. The Morgan fingerprint density at radius 3 is 2.61 bits per heavy atom. The number of fused-ring (bicyclic) bond motifs is 1. The number of rotatable bonds is 5. The number of hydrogen-bond donors (Lipinski definition) is 0. The van der Waals surface area contributed by atoms with Gasteiger partial charge in [0.1, 0.15) is 6.33 Å². The van der Waals surface area contributed by atoms with Gasteiger partial charge in [-0.25, -0.2) is 4.68 Å². The van der Waals surface area contributed by atoms with Crippen molar-refractivity contribution in [3.05, 3.63) is 29.6 Å². The fourth-order valence-corrected chi connectivity index (χ4v) is 2.75. The second kappa shape index (κ2) is 6.64. The molecule has 3 rings (SSSR count). The lowest BCUT2D eigenvalue weighted by Gasteiger charge is -2.29. The van der Waals surface area contributed by atoms with Gasteiger partial charge in [0.05, 0.1) is 20.8 Å². The van der Waals surface area contributed by atoms with Crippen LogP contribution in [0, 0.1) is 0 Å². The van der Waals surface area contributed by atoms with Crippen LogP contribution < -0.4 is 9.47 Å². The lowest BCUT2D eigenvalue weighted by molar-refractivity contribution is -0.132. The Kier molecular flexibility index (Phi) is 4.40. The van der Waals surface area contributed by atoms with Crippen LogP contribution in [0.5, 0.6) is 11.5 Å². The molecule has 0 saturated heterocycles. The van der Waals surface area contributed by atoms with E-state index in [1.807, 2.05) is 17.0 Å². The van der Waals surface area contributed by atoms with E-state index in [-0.39, 0.29) is 5.91 Å². The first kappa shape index (κ1) is 15.3. The highest BCUT2D eigenvalue weighted by atomic mass is 16.5. The van der Waals surface area contributed by atoms with E-state index < -0.39 is 0 Å². The highest BCUT2D eigenvalue weighted by Crippen LogP contribution is 2.33. The van der Waals surface area contributed by atoms with Crippen LogP contribution in [0.25, 0.3) is 0 Å². The van der Waals surface area contributed by atoms with E-state index in [1.54, 1.807) is 18.9 Å². The summed E-state index contributed by atoms with van der Waals surface area (Å²) in [5, 5.41) is 10.9. The summed E-state index contributed by atoms with van der Waals surface area (Å²) in [6, 6.07) is 3.95. The number of hydrogen-bond acceptors (Lipinski definition) is 6. The minimum Gasteiger partial charge on any atom is -0.493 e. The number of tetrazole rings is 1. The maximum atomic E-state index is 12.4. The molecule has 0 N–H and O–H groups in total. The minimum absolute atomic E-state index is 0.0981. The zero-order chi connectivity index (χ0) is 16.2. The number of benzene rings is 1. The summed E-state index contributed by atoms with van der Waals surface area (Å²) in [6.07, 6.45) is 2.70. The van der Waals surface area contributed by atoms with Gasteiger partial charge in [0, 0.05) is 19.5 Å². The number of methoxy groups -OCH3 is 2. The molecular weight excluding hydrogens is 298 g/mol. The van der Waals surface area contributed by atoms with Crippen LogP contribution in [0.2, 0.25) is 0 Å². The predicted molar refractivity (Wildman–Crippen MR) is 81.1 cm³/mol. The largest absolute Gasteiger partial charge is 0.493 e. The summed E-state index contributed by atoms with van der Waals surface area (Å²) in [4.78, 5) is 14.2. The average molecular weight is 317 g/mol. The summed E-state index contributed by atoms with van der Waals surface area (Å²) < 4.78 is 12.2. The van der Waals surface area contributed by atoms with Crippen molar-refractivity contribution >= 4 is 5.91 Å². The van der Waals surface area contributed by atoms with Gasteiger partial charge in [0.25, 0.3) is 0 Å². The zero-order valence-electron chi connectivity index (χ0n) is 13.2. The Morgan fingerprint density at radius 1 is 1.22 bits per heavy atom. The molecule has 0 radical (unpaired) electrons. The first-order valence-electron chi connectivity index (χ1n) is 7.43. The highest BCUT2D eigenvalue weighted by Gasteiger charge is 2.22. The number of amides is 1. The molecule has 1 aliphatic heterocycles. The maximum Gasteiger partial charge on any atom is 0.224 e. The molecule has 8 heteroatoms. The molecule has 0 unspecified atom stereocenters. The highest BCUT2D eigenvalue weighted by molar-refractivity contribution is 5.76. The van der Waals surface area contributed by atoms with Crippen LogP contribution in [0.4, 0.5) is 0 Å². The molecule has 0 fully saturated rings. The number of aryl methyl sites for hydroxylation is 1. The molecule has 1 aromatic carbocycles. The number of ether oxygens (including phenoxy) is 2. The van der Waals surface area contributed by atoms with Crippen molar-refractivity contribution in [3.63, 3.8) is 0 Å². The summed E-state index contributed by atoms with van der Waals surface area (Å²) in [5.74, 6) is 1.51. The Balaban J connectivity index is 1.68. The van der Waals surface area contributed by atoms with Crippen molar-refractivity contribution < 1.29 is 14.3 Å². The molecule has 8 nitrogen and oxygen atoms in total. The van der Waals surface area contributed by atoms with Gasteiger partial charge >= 0.3 is 0 Å². The fraction of sp³-hybridized carbons (Fsp3) is 0.467. The van der Waals surface area contributed by atoms with Gasteiger partial charge in [0.15, 0.2) is 11.5 Å². The van der Waals surface area contributed by atoms with Crippen LogP contribution in [-0.2, 0) is 24.3 Å². The first-order chi connectivity index (χ1) is 11.2. The van der Waals surface area contributed by atoms with E-state index in [0.717, 1.165) is 17.7 Å². The quantitative estimate of drug-likeness (QED) is 0.806. The van der Waals surface area contributed by atoms with Crippen LogP contribution in [0.15, 0.2) is 18.5 Å². The third-order valence-electron chi connectivity index (χ3n) is 4.02. The van der Waals surface area contributed by atoms with Crippen molar-refractivity contribution in [2.24, 2.45) is 0 Å². The van der Waals surface area contributed by atoms with E-state index in [4.69, 9.17) is 9.47 Å². The smallest absolute Gasteiger partial charge is 0.224 e. The molecule has 122 valence electrons. The van der Waals surface area contributed by atoms with Gasteiger partial charge in [-0.3, -0.25) is 4.79 Å². The van der Waals surface area contributed by atoms with E-state index in [2.05, 4.69) is 15.5 Å². The van der Waals surface area contributed by atoms with Gasteiger partial charge < -0.3 is 14.4 Å². The van der Waals surface area contributed by atoms with E-state index >= 15 is 0 Å². The number of carbonyl (C=O) groups excluding carboxylic acids is 1. The number of carbonyl (C=O) groups is 1. The van der Waals surface area contributed by atoms with E-state index in [1.165, 1.54) is 11.9 Å². The average Bonchev–Trinajstić information content (AvgIpc) is 3.11. The Hall–Kier alpha value is -2.64. The molecule has 2 heterocycles. The molecule has 0 saturated carbocycles. The SMILES string of the molecule is COc1cc2c(cc1OC)CN(C(=O)CCn1cnnn1)CC2. The Labute approximate surface area is 134 Å². The lowest BCUT2D eigenvalue weighted by Crippen LogP contribution is -2.36. The van der Waals surface area contributed by atoms with Gasteiger partial charge in [-0.05, 0) is 40.1 Å². The summed E-state index contributed by atoms with van der Waals surface area (Å²) in [5.41, 5.74) is 2.30. The molecule has 0 spiro atoms. The van der Waals surface area contributed by atoms with Crippen LogP contribution in [0.1, 0.15) is 17.5 Å². The second-order valence-electron chi connectivity index (χ2n) is 5.36. The minimum atomic E-state index is 0.0981. The van der Waals surface area contributed by atoms with Crippen LogP contribution in [-0.4, -0.2) is 51.8 Å². The standard InChI is InChI=1S/C15H19N5O3/c1-22-13-7-11-3-5-19(9-12(11)8-14(13)23-2)15(21)4-6-20-10-16-17-18-20/h7-8,10H,3-6,9H2,1-2H3.